The van der Waals surface area contributed by atoms with E-state index in [-0.39, 0.29) is 41.7 Å². The van der Waals surface area contributed by atoms with Crippen molar-refractivity contribution in [3.8, 4) is 0 Å². The second kappa shape index (κ2) is 8.88. The third-order valence-corrected chi connectivity index (χ3v) is 6.86. The zero-order valence-electron chi connectivity index (χ0n) is 17.9. The van der Waals surface area contributed by atoms with Gasteiger partial charge in [0.25, 0.3) is 5.56 Å². The van der Waals surface area contributed by atoms with Crippen molar-refractivity contribution in [3.05, 3.63) is 27.9 Å². The Kier molecular flexibility index (Phi) is 6.22. The molecule has 1 N–H and O–H groups in total. The fourth-order valence-electron chi connectivity index (χ4n) is 4.83. The molecule has 8 heteroatoms. The van der Waals surface area contributed by atoms with Crippen LogP contribution in [0.1, 0.15) is 62.4 Å². The molecule has 3 fully saturated rings. The first-order valence-corrected chi connectivity index (χ1v) is 11.1. The first kappa shape index (κ1) is 21.0. The predicted molar refractivity (Wildman–Crippen MR) is 111 cm³/mol. The number of aromatic nitrogens is 2. The Balaban J connectivity index is 1.43. The van der Waals surface area contributed by atoms with Crippen LogP contribution in [0.3, 0.4) is 0 Å². The van der Waals surface area contributed by atoms with E-state index in [4.69, 9.17) is 9.72 Å². The van der Waals surface area contributed by atoms with E-state index in [9.17, 15) is 14.4 Å². The maximum absolute atomic E-state index is 12.7. The summed E-state index contributed by atoms with van der Waals surface area (Å²) in [6, 6.07) is 1.60. The minimum absolute atomic E-state index is 0.00287. The lowest BCUT2D eigenvalue weighted by atomic mass is 9.92. The zero-order chi connectivity index (χ0) is 21.3. The number of nitrogens with one attached hydrogen (secondary N) is 1. The molecule has 3 aliphatic rings. The van der Waals surface area contributed by atoms with E-state index in [1.807, 2.05) is 9.80 Å². The van der Waals surface area contributed by atoms with Gasteiger partial charge in [0, 0.05) is 57.1 Å². The fraction of sp³-hybridized carbons (Fsp3) is 0.727. The highest BCUT2D eigenvalue weighted by molar-refractivity contribution is 5.81. The van der Waals surface area contributed by atoms with E-state index in [2.05, 4.69) is 11.9 Å². The van der Waals surface area contributed by atoms with E-state index in [1.165, 1.54) is 7.11 Å². The van der Waals surface area contributed by atoms with Gasteiger partial charge in [0.2, 0.25) is 11.8 Å². The quantitative estimate of drug-likeness (QED) is 0.785. The molecular formula is C22H32N4O4. The molecule has 2 saturated heterocycles. The van der Waals surface area contributed by atoms with Crippen molar-refractivity contribution >= 4 is 11.8 Å². The molecule has 0 bridgehead atoms. The number of hydrogen-bond acceptors (Lipinski definition) is 5. The van der Waals surface area contributed by atoms with Crippen molar-refractivity contribution < 1.29 is 14.3 Å². The van der Waals surface area contributed by atoms with Gasteiger partial charge in [-0.05, 0) is 38.0 Å². The Morgan fingerprint density at radius 3 is 2.57 bits per heavy atom. The van der Waals surface area contributed by atoms with Gasteiger partial charge in [0.1, 0.15) is 12.4 Å². The molecule has 3 heterocycles. The van der Waals surface area contributed by atoms with Crippen molar-refractivity contribution in [1.82, 2.24) is 19.8 Å². The van der Waals surface area contributed by atoms with E-state index in [0.717, 1.165) is 50.2 Å². The maximum atomic E-state index is 12.7. The zero-order valence-corrected chi connectivity index (χ0v) is 17.9. The lowest BCUT2D eigenvalue weighted by Crippen LogP contribution is -2.41. The summed E-state index contributed by atoms with van der Waals surface area (Å²) in [6.45, 7) is 4.98. The smallest absolute Gasteiger partial charge is 0.251 e. The van der Waals surface area contributed by atoms with Crippen LogP contribution in [0.2, 0.25) is 0 Å². The van der Waals surface area contributed by atoms with E-state index >= 15 is 0 Å². The number of H-pyrrole nitrogens is 1. The summed E-state index contributed by atoms with van der Waals surface area (Å²) in [4.78, 5) is 48.6. The second-order valence-corrected chi connectivity index (χ2v) is 9.09. The molecule has 2 aliphatic heterocycles. The molecule has 4 rings (SSSR count). The topological polar surface area (TPSA) is 95.6 Å². The average molecular weight is 417 g/mol. The SMILES string of the molecule is COCC(=O)N1CCC(c2nc([C@@H]3CCCN(C(=O)[C@@H]4C[C@@H]4C)C3)cc(=O)[nH]2)CC1. The molecule has 30 heavy (non-hydrogen) atoms. The molecule has 8 nitrogen and oxygen atoms in total. The van der Waals surface area contributed by atoms with Gasteiger partial charge in [0.05, 0.1) is 5.69 Å². The minimum Gasteiger partial charge on any atom is -0.375 e. The standard InChI is InChI=1S/C22H32N4O4/c1-14-10-17(14)22(29)26-7-3-4-16(12-26)18-11-19(27)24-21(23-18)15-5-8-25(9-6-15)20(28)13-30-2/h11,14-17H,3-10,12-13H2,1-2H3,(H,23,24,27)/t14-,16+,17+/m0/s1. The highest BCUT2D eigenvalue weighted by Gasteiger charge is 2.42. The summed E-state index contributed by atoms with van der Waals surface area (Å²) in [5, 5.41) is 0. The van der Waals surface area contributed by atoms with Gasteiger partial charge < -0.3 is 19.5 Å². The average Bonchev–Trinajstić information content (AvgIpc) is 3.49. The number of likely N-dealkylation sites (tertiary alicyclic amines) is 2. The molecule has 164 valence electrons. The van der Waals surface area contributed by atoms with Crippen LogP contribution >= 0.6 is 0 Å². The second-order valence-electron chi connectivity index (χ2n) is 9.09. The van der Waals surface area contributed by atoms with Crippen molar-refractivity contribution in [3.63, 3.8) is 0 Å². The van der Waals surface area contributed by atoms with E-state index < -0.39 is 0 Å². The number of ether oxygens (including phenoxy) is 1. The highest BCUT2D eigenvalue weighted by atomic mass is 16.5. The number of nitrogens with zero attached hydrogens (tertiary/aromatic N) is 3. The number of aromatic amines is 1. The number of carbonyl (C=O) groups excluding carboxylic acids is 2. The molecule has 1 saturated carbocycles. The van der Waals surface area contributed by atoms with Crippen LogP contribution in [0.5, 0.6) is 0 Å². The van der Waals surface area contributed by atoms with E-state index in [0.29, 0.717) is 25.6 Å². The minimum atomic E-state index is -0.132. The van der Waals surface area contributed by atoms with Crippen LogP contribution in [0, 0.1) is 11.8 Å². The Morgan fingerprint density at radius 2 is 1.90 bits per heavy atom. The van der Waals surface area contributed by atoms with Crippen molar-refractivity contribution in [1.29, 1.82) is 0 Å². The fourth-order valence-corrected chi connectivity index (χ4v) is 4.83. The largest absolute Gasteiger partial charge is 0.375 e. The van der Waals surface area contributed by atoms with Crippen LogP contribution in [0.4, 0.5) is 0 Å². The monoisotopic (exact) mass is 416 g/mol. The Hall–Kier alpha value is -2.22. The Morgan fingerprint density at radius 1 is 1.17 bits per heavy atom. The number of methoxy groups -OCH3 is 1. The van der Waals surface area contributed by atoms with Crippen LogP contribution in [0.25, 0.3) is 0 Å². The summed E-state index contributed by atoms with van der Waals surface area (Å²) in [6.07, 6.45) is 4.44. The molecule has 2 amide bonds. The lowest BCUT2D eigenvalue weighted by molar-refractivity contribution is -0.136. The Bertz CT molecular complexity index is 846. The van der Waals surface area contributed by atoms with Crippen LogP contribution in [0.15, 0.2) is 10.9 Å². The molecule has 0 spiro atoms. The first-order chi connectivity index (χ1) is 14.5. The van der Waals surface area contributed by atoms with Gasteiger partial charge in [-0.3, -0.25) is 14.4 Å². The van der Waals surface area contributed by atoms with Crippen LogP contribution < -0.4 is 5.56 Å². The third kappa shape index (κ3) is 4.58. The Labute approximate surface area is 177 Å². The number of piperidine rings is 2. The van der Waals surface area contributed by atoms with Crippen molar-refractivity contribution in [2.75, 3.05) is 39.9 Å². The molecule has 0 unspecified atom stereocenters. The highest BCUT2D eigenvalue weighted by Crippen LogP contribution is 2.40. The summed E-state index contributed by atoms with van der Waals surface area (Å²) in [7, 11) is 1.52. The summed E-state index contributed by atoms with van der Waals surface area (Å²) in [5.41, 5.74) is 0.667. The summed E-state index contributed by atoms with van der Waals surface area (Å²) in [5.74, 6) is 1.93. The first-order valence-electron chi connectivity index (χ1n) is 11.1. The number of rotatable bonds is 5. The molecule has 0 aromatic carbocycles. The van der Waals surface area contributed by atoms with Gasteiger partial charge >= 0.3 is 0 Å². The normalized spacial score (nSPS) is 27.2. The molecule has 0 radical (unpaired) electrons. The number of amides is 2. The predicted octanol–water partition coefficient (Wildman–Crippen LogP) is 1.48. The van der Waals surface area contributed by atoms with Crippen molar-refractivity contribution in [2.24, 2.45) is 11.8 Å². The van der Waals surface area contributed by atoms with Gasteiger partial charge in [-0.25, -0.2) is 4.98 Å². The summed E-state index contributed by atoms with van der Waals surface area (Å²) >= 11 is 0. The molecule has 1 aliphatic carbocycles. The van der Waals surface area contributed by atoms with Crippen LogP contribution in [-0.2, 0) is 14.3 Å². The molecule has 3 atom stereocenters. The third-order valence-electron chi connectivity index (χ3n) is 6.86. The van der Waals surface area contributed by atoms with Gasteiger partial charge in [-0.1, -0.05) is 6.92 Å². The van der Waals surface area contributed by atoms with E-state index in [1.54, 1.807) is 6.07 Å². The molecular weight excluding hydrogens is 384 g/mol. The molecule has 1 aromatic rings. The number of carbonyl (C=O) groups is 2. The molecule has 1 aromatic heterocycles. The summed E-state index contributed by atoms with van der Waals surface area (Å²) < 4.78 is 4.94. The van der Waals surface area contributed by atoms with Gasteiger partial charge in [-0.15, -0.1) is 0 Å². The maximum Gasteiger partial charge on any atom is 0.251 e. The van der Waals surface area contributed by atoms with Gasteiger partial charge in [-0.2, -0.15) is 0 Å². The van der Waals surface area contributed by atoms with Crippen molar-refractivity contribution in [2.45, 2.75) is 50.9 Å². The van der Waals surface area contributed by atoms with Crippen LogP contribution in [-0.4, -0.2) is 71.5 Å². The number of hydrogen-bond donors (Lipinski definition) is 1. The van der Waals surface area contributed by atoms with Gasteiger partial charge in [0.15, 0.2) is 0 Å². The lowest BCUT2D eigenvalue weighted by Gasteiger charge is -2.34.